The molecule has 0 fully saturated rings. The van der Waals surface area contributed by atoms with E-state index in [0.717, 1.165) is 0 Å². The zero-order chi connectivity index (χ0) is 16.2. The van der Waals surface area contributed by atoms with Crippen LogP contribution in [0, 0.1) is 0 Å². The van der Waals surface area contributed by atoms with E-state index in [0.29, 0.717) is 17.7 Å². The van der Waals surface area contributed by atoms with Gasteiger partial charge in [0.15, 0.2) is 0 Å². The molecule has 0 radical (unpaired) electrons. The zero-order valence-corrected chi connectivity index (χ0v) is 12.6. The molecule has 1 heterocycles. The van der Waals surface area contributed by atoms with Crippen molar-refractivity contribution in [2.45, 2.75) is 18.8 Å². The molecule has 1 aromatic heterocycles. The Morgan fingerprint density at radius 2 is 2.00 bits per heavy atom. The SMILES string of the molecule is CCC(CNC(=O)c1cncn1C)(C(=O)O)c1ccccc1. The summed E-state index contributed by atoms with van der Waals surface area (Å²) in [5.41, 5.74) is -0.0750. The molecule has 2 N–H and O–H groups in total. The lowest BCUT2D eigenvalue weighted by atomic mass is 9.78. The molecular formula is C16H19N3O3. The molecule has 0 spiro atoms. The Morgan fingerprint density at radius 1 is 1.32 bits per heavy atom. The maximum atomic E-state index is 12.2. The highest BCUT2D eigenvalue weighted by atomic mass is 16.4. The third kappa shape index (κ3) is 2.86. The summed E-state index contributed by atoms with van der Waals surface area (Å²) in [6.07, 6.45) is 3.35. The van der Waals surface area contributed by atoms with Gasteiger partial charge in [0.05, 0.1) is 12.5 Å². The number of nitrogens with zero attached hydrogens (tertiary/aromatic N) is 2. The summed E-state index contributed by atoms with van der Waals surface area (Å²) < 4.78 is 1.59. The molecule has 116 valence electrons. The van der Waals surface area contributed by atoms with Crippen molar-refractivity contribution in [3.63, 3.8) is 0 Å². The van der Waals surface area contributed by atoms with Crippen molar-refractivity contribution in [2.75, 3.05) is 6.54 Å². The molecule has 0 bridgehead atoms. The molecule has 0 aliphatic carbocycles. The Labute approximate surface area is 128 Å². The average Bonchev–Trinajstić information content (AvgIpc) is 2.95. The van der Waals surface area contributed by atoms with Crippen LogP contribution in [0.3, 0.4) is 0 Å². The van der Waals surface area contributed by atoms with Gasteiger partial charge in [0, 0.05) is 13.6 Å². The van der Waals surface area contributed by atoms with Gasteiger partial charge in [0.25, 0.3) is 5.91 Å². The van der Waals surface area contributed by atoms with Crippen molar-refractivity contribution < 1.29 is 14.7 Å². The van der Waals surface area contributed by atoms with Crippen LogP contribution < -0.4 is 5.32 Å². The van der Waals surface area contributed by atoms with E-state index in [-0.39, 0.29) is 12.5 Å². The number of aromatic nitrogens is 2. The fourth-order valence-electron chi connectivity index (χ4n) is 2.44. The van der Waals surface area contributed by atoms with Crippen LogP contribution in [0.25, 0.3) is 0 Å². The van der Waals surface area contributed by atoms with E-state index >= 15 is 0 Å². The first kappa shape index (κ1) is 15.8. The second-order valence-corrected chi connectivity index (χ2v) is 5.18. The van der Waals surface area contributed by atoms with Gasteiger partial charge in [-0.1, -0.05) is 37.3 Å². The highest BCUT2D eigenvalue weighted by molar-refractivity contribution is 5.93. The summed E-state index contributed by atoms with van der Waals surface area (Å²) in [6.45, 7) is 1.82. The van der Waals surface area contributed by atoms with Crippen LogP contribution in [-0.2, 0) is 17.3 Å². The molecule has 0 aliphatic rings. The first-order valence-electron chi connectivity index (χ1n) is 7.04. The number of carbonyl (C=O) groups is 2. The molecule has 0 saturated carbocycles. The fraction of sp³-hybridized carbons (Fsp3) is 0.312. The number of benzene rings is 1. The minimum atomic E-state index is -1.14. The van der Waals surface area contributed by atoms with E-state index in [2.05, 4.69) is 10.3 Å². The summed E-state index contributed by atoms with van der Waals surface area (Å²) >= 11 is 0. The Balaban J connectivity index is 2.23. The highest BCUT2D eigenvalue weighted by Crippen LogP contribution is 2.27. The monoisotopic (exact) mass is 301 g/mol. The van der Waals surface area contributed by atoms with E-state index in [1.54, 1.807) is 42.8 Å². The number of hydrogen-bond donors (Lipinski definition) is 2. The van der Waals surface area contributed by atoms with E-state index in [9.17, 15) is 14.7 Å². The topological polar surface area (TPSA) is 84.2 Å². The van der Waals surface area contributed by atoms with Gasteiger partial charge in [0.1, 0.15) is 11.1 Å². The van der Waals surface area contributed by atoms with Crippen LogP contribution in [0.2, 0.25) is 0 Å². The lowest BCUT2D eigenvalue weighted by Gasteiger charge is -2.29. The van der Waals surface area contributed by atoms with Crippen molar-refractivity contribution in [1.82, 2.24) is 14.9 Å². The molecule has 0 aliphatic heterocycles. The van der Waals surface area contributed by atoms with Gasteiger partial charge >= 0.3 is 5.97 Å². The predicted molar refractivity (Wildman–Crippen MR) is 81.6 cm³/mol. The molecule has 1 aromatic carbocycles. The summed E-state index contributed by atoms with van der Waals surface area (Å²) in [7, 11) is 1.71. The molecule has 1 amide bonds. The van der Waals surface area contributed by atoms with Crippen LogP contribution in [0.1, 0.15) is 29.4 Å². The molecule has 2 aromatic rings. The smallest absolute Gasteiger partial charge is 0.315 e. The molecule has 2 rings (SSSR count). The number of carboxylic acids is 1. The van der Waals surface area contributed by atoms with E-state index < -0.39 is 11.4 Å². The third-order valence-electron chi connectivity index (χ3n) is 3.94. The Bertz CT molecular complexity index is 666. The van der Waals surface area contributed by atoms with Crippen LogP contribution in [0.4, 0.5) is 0 Å². The van der Waals surface area contributed by atoms with E-state index in [4.69, 9.17) is 0 Å². The van der Waals surface area contributed by atoms with Gasteiger partial charge in [0.2, 0.25) is 0 Å². The van der Waals surface area contributed by atoms with Gasteiger partial charge in [-0.2, -0.15) is 0 Å². The summed E-state index contributed by atoms with van der Waals surface area (Å²) in [5.74, 6) is -1.29. The fourth-order valence-corrected chi connectivity index (χ4v) is 2.44. The molecular weight excluding hydrogens is 282 g/mol. The molecule has 1 unspecified atom stereocenters. The number of amides is 1. The van der Waals surface area contributed by atoms with Crippen LogP contribution in [0.5, 0.6) is 0 Å². The standard InChI is InChI=1S/C16H19N3O3/c1-3-16(15(21)22,12-7-5-4-6-8-12)10-18-14(20)13-9-17-11-19(13)2/h4-9,11H,3,10H2,1-2H3,(H,18,20)(H,21,22). The Morgan fingerprint density at radius 3 is 2.50 bits per heavy atom. The van der Waals surface area contributed by atoms with Gasteiger partial charge < -0.3 is 15.0 Å². The number of carbonyl (C=O) groups excluding carboxylic acids is 1. The van der Waals surface area contributed by atoms with Crippen molar-refractivity contribution in [3.8, 4) is 0 Å². The summed E-state index contributed by atoms with van der Waals surface area (Å²) in [4.78, 5) is 27.9. The molecule has 6 nitrogen and oxygen atoms in total. The Hall–Kier alpha value is -2.63. The van der Waals surface area contributed by atoms with Gasteiger partial charge in [-0.15, -0.1) is 0 Å². The Kier molecular flexibility index (Phi) is 4.60. The minimum Gasteiger partial charge on any atom is -0.481 e. The van der Waals surface area contributed by atoms with Crippen molar-refractivity contribution in [3.05, 3.63) is 54.1 Å². The number of nitrogens with one attached hydrogen (secondary N) is 1. The lowest BCUT2D eigenvalue weighted by Crippen LogP contribution is -2.46. The first-order chi connectivity index (χ1) is 10.5. The number of imidazole rings is 1. The number of carboxylic acid groups (broad SMARTS) is 1. The highest BCUT2D eigenvalue weighted by Gasteiger charge is 2.39. The van der Waals surface area contributed by atoms with Gasteiger partial charge in [-0.25, -0.2) is 4.98 Å². The number of rotatable bonds is 6. The van der Waals surface area contributed by atoms with E-state index in [1.807, 2.05) is 6.07 Å². The molecule has 1 atom stereocenters. The van der Waals surface area contributed by atoms with Gasteiger partial charge in [-0.05, 0) is 12.0 Å². The maximum Gasteiger partial charge on any atom is 0.315 e. The van der Waals surface area contributed by atoms with Crippen molar-refractivity contribution >= 4 is 11.9 Å². The second-order valence-electron chi connectivity index (χ2n) is 5.18. The average molecular weight is 301 g/mol. The third-order valence-corrected chi connectivity index (χ3v) is 3.94. The lowest BCUT2D eigenvalue weighted by molar-refractivity contribution is -0.143. The maximum absolute atomic E-state index is 12.2. The summed E-state index contributed by atoms with van der Waals surface area (Å²) in [5, 5.41) is 12.4. The predicted octanol–water partition coefficient (Wildman–Crippen LogP) is 1.58. The quantitative estimate of drug-likeness (QED) is 0.848. The number of aryl methyl sites for hydroxylation is 1. The van der Waals surface area contributed by atoms with Crippen LogP contribution in [0.15, 0.2) is 42.9 Å². The largest absolute Gasteiger partial charge is 0.481 e. The van der Waals surface area contributed by atoms with Gasteiger partial charge in [-0.3, -0.25) is 9.59 Å². The van der Waals surface area contributed by atoms with Crippen molar-refractivity contribution in [2.24, 2.45) is 7.05 Å². The second kappa shape index (κ2) is 6.43. The van der Waals surface area contributed by atoms with Crippen LogP contribution in [-0.4, -0.2) is 33.1 Å². The molecule has 22 heavy (non-hydrogen) atoms. The van der Waals surface area contributed by atoms with Crippen molar-refractivity contribution in [1.29, 1.82) is 0 Å². The molecule has 0 saturated heterocycles. The minimum absolute atomic E-state index is 0.0207. The van der Waals surface area contributed by atoms with Crippen LogP contribution >= 0.6 is 0 Å². The zero-order valence-electron chi connectivity index (χ0n) is 12.6. The normalized spacial score (nSPS) is 13.4. The molecule has 6 heteroatoms. The number of hydrogen-bond acceptors (Lipinski definition) is 3. The number of aliphatic carboxylic acids is 1. The first-order valence-corrected chi connectivity index (χ1v) is 7.04. The van der Waals surface area contributed by atoms with E-state index in [1.165, 1.54) is 12.5 Å². The summed E-state index contributed by atoms with van der Waals surface area (Å²) in [6, 6.07) is 8.97.